The van der Waals surface area contributed by atoms with Crippen molar-refractivity contribution in [1.29, 1.82) is 0 Å². The molecule has 0 aliphatic rings. The molecule has 4 atom stereocenters. The van der Waals surface area contributed by atoms with Crippen molar-refractivity contribution in [1.82, 2.24) is 10.6 Å². The van der Waals surface area contributed by atoms with Crippen molar-refractivity contribution in [3.05, 3.63) is 76.2 Å². The maximum atomic E-state index is 13.3. The van der Waals surface area contributed by atoms with E-state index in [4.69, 9.17) is 17.0 Å². The van der Waals surface area contributed by atoms with Crippen LogP contribution in [0.5, 0.6) is 5.75 Å². The highest BCUT2D eigenvalue weighted by molar-refractivity contribution is 7.99. The fourth-order valence-corrected chi connectivity index (χ4v) is 5.35. The highest BCUT2D eigenvalue weighted by Crippen LogP contribution is 2.17. The minimum absolute atomic E-state index is 0.0709. The minimum Gasteiger partial charge on any atom is -0.508 e. The third-order valence-corrected chi connectivity index (χ3v) is 8.10. The van der Waals surface area contributed by atoms with Crippen LogP contribution in [0.3, 0.4) is 0 Å². The third kappa shape index (κ3) is 15.0. The van der Waals surface area contributed by atoms with Crippen molar-refractivity contribution in [2.75, 3.05) is 24.6 Å². The number of nitrogens with zero attached hydrogens (tertiary/aromatic N) is 3. The normalized spacial score (nSPS) is 13.3. The molecule has 248 valence electrons. The summed E-state index contributed by atoms with van der Waals surface area (Å²) >= 11 is 1.33. The maximum absolute atomic E-state index is 13.3. The molecule has 2 aromatic rings. The van der Waals surface area contributed by atoms with Crippen LogP contribution >= 0.6 is 11.8 Å². The van der Waals surface area contributed by atoms with E-state index < -0.39 is 53.4 Å². The van der Waals surface area contributed by atoms with Crippen molar-refractivity contribution in [2.24, 2.45) is 22.5 Å². The second kappa shape index (κ2) is 20.6. The summed E-state index contributed by atoms with van der Waals surface area (Å²) in [6.07, 6.45) is -0.803. The molecule has 0 bridgehead atoms. The zero-order chi connectivity index (χ0) is 33.9. The van der Waals surface area contributed by atoms with E-state index in [0.717, 1.165) is 11.1 Å². The Morgan fingerprint density at radius 1 is 0.978 bits per heavy atom. The Bertz CT molecular complexity index is 1350. The average Bonchev–Trinajstić information content (AvgIpc) is 3.03. The molecule has 0 fully saturated rings. The number of carbonyl (C=O) groups is 5. The fraction of sp³-hybridized carbons (Fsp3) is 0.452. The predicted octanol–water partition coefficient (Wildman–Crippen LogP) is 1.31. The number of azide groups is 1. The molecule has 0 radical (unpaired) electrons. The molecule has 0 heterocycles. The molecule has 0 spiro atoms. The van der Waals surface area contributed by atoms with Gasteiger partial charge in [-0.25, -0.2) is 0 Å². The summed E-state index contributed by atoms with van der Waals surface area (Å²) in [5.74, 6) is -2.54. The van der Waals surface area contributed by atoms with Crippen molar-refractivity contribution < 1.29 is 34.2 Å². The molecule has 0 aliphatic carbocycles. The summed E-state index contributed by atoms with van der Waals surface area (Å²) in [6, 6.07) is 13.4. The van der Waals surface area contributed by atoms with Crippen LogP contribution in [0, 0.1) is 5.92 Å². The topological polar surface area (TPSA) is 251 Å². The molecule has 2 aromatic carbocycles. The Balaban J connectivity index is 1.88. The molecule has 0 saturated heterocycles. The summed E-state index contributed by atoms with van der Waals surface area (Å²) < 4.78 is 0. The van der Waals surface area contributed by atoms with Crippen LogP contribution in [0.4, 0.5) is 0 Å². The van der Waals surface area contributed by atoms with Gasteiger partial charge in [0.1, 0.15) is 5.75 Å². The van der Waals surface area contributed by atoms with E-state index in [9.17, 15) is 34.2 Å². The maximum Gasteiger partial charge on any atom is 0.237 e. The van der Waals surface area contributed by atoms with Gasteiger partial charge < -0.3 is 32.3 Å². The molecular weight excluding hydrogens is 614 g/mol. The van der Waals surface area contributed by atoms with Gasteiger partial charge in [0.05, 0.1) is 31.3 Å². The van der Waals surface area contributed by atoms with Gasteiger partial charge in [-0.3, -0.25) is 24.0 Å². The number of aromatic hydroxyl groups is 1. The summed E-state index contributed by atoms with van der Waals surface area (Å²) in [6.45, 7) is -0.388. The second-order valence-electron chi connectivity index (χ2n) is 10.7. The number of aliphatic hydroxyl groups excluding tert-OH is 1. The van der Waals surface area contributed by atoms with Crippen LogP contribution in [-0.4, -0.2) is 82.3 Å². The smallest absolute Gasteiger partial charge is 0.237 e. The van der Waals surface area contributed by atoms with Crippen LogP contribution in [0.2, 0.25) is 0 Å². The Labute approximate surface area is 271 Å². The zero-order valence-corrected chi connectivity index (χ0v) is 26.2. The van der Waals surface area contributed by atoms with Crippen LogP contribution in [0.25, 0.3) is 10.4 Å². The van der Waals surface area contributed by atoms with Crippen LogP contribution in [0.1, 0.15) is 36.8 Å². The number of carbonyl (C=O) groups excluding carboxylic acids is 5. The number of nitrogens with two attached hydrogens (primary N) is 2. The molecule has 46 heavy (non-hydrogen) atoms. The highest BCUT2D eigenvalue weighted by atomic mass is 32.2. The lowest BCUT2D eigenvalue weighted by atomic mass is 9.92. The molecule has 14 nitrogen and oxygen atoms in total. The van der Waals surface area contributed by atoms with E-state index in [1.807, 2.05) is 6.07 Å². The SMILES string of the molecule is [N-]=[N+]=NCC(O)CSCC[C@H](CC(=O)[C@H](Cc1ccccc1)NC(=O)CCC(=O)CNC(=O)[C@@H](N)Cc1ccc(O)cc1)C(N)=O. The summed E-state index contributed by atoms with van der Waals surface area (Å²) in [4.78, 5) is 65.6. The van der Waals surface area contributed by atoms with E-state index >= 15 is 0 Å². The van der Waals surface area contributed by atoms with E-state index in [0.29, 0.717) is 5.75 Å². The number of hydrogen-bond donors (Lipinski definition) is 6. The minimum atomic E-state index is -0.970. The van der Waals surface area contributed by atoms with Crippen LogP contribution in [0.15, 0.2) is 59.7 Å². The van der Waals surface area contributed by atoms with Gasteiger partial charge in [0, 0.05) is 35.8 Å². The van der Waals surface area contributed by atoms with Gasteiger partial charge in [-0.2, -0.15) is 11.8 Å². The number of aliphatic hydroxyl groups is 1. The summed E-state index contributed by atoms with van der Waals surface area (Å²) in [5.41, 5.74) is 21.3. The highest BCUT2D eigenvalue weighted by Gasteiger charge is 2.27. The monoisotopic (exact) mass is 655 g/mol. The Hall–Kier alpha value is -4.43. The van der Waals surface area contributed by atoms with E-state index in [1.165, 1.54) is 23.9 Å². The summed E-state index contributed by atoms with van der Waals surface area (Å²) in [7, 11) is 0. The standard InChI is InChI=1S/C31H41N7O7S/c32-26(14-21-6-8-23(39)9-7-21)31(45)35-17-24(40)10-11-29(43)37-27(15-20-4-2-1-3-5-20)28(42)16-22(30(33)44)12-13-46-19-25(41)18-36-38-34/h1-9,22,25-27,39,41H,10-19,32H2,(H2,33,44)(H,35,45)(H,37,43)/t22-,25?,26+,27+/m1/s1. The molecule has 2 rings (SSSR count). The van der Waals surface area contributed by atoms with Gasteiger partial charge in [0.15, 0.2) is 11.6 Å². The van der Waals surface area contributed by atoms with Crippen LogP contribution in [-0.2, 0) is 36.8 Å². The number of phenolic OH excluding ortho intramolecular Hbond substituents is 1. The van der Waals surface area contributed by atoms with E-state index in [-0.39, 0.29) is 63.1 Å². The molecule has 1 unspecified atom stereocenters. The van der Waals surface area contributed by atoms with Crippen LogP contribution < -0.4 is 22.1 Å². The number of amides is 3. The predicted molar refractivity (Wildman–Crippen MR) is 173 cm³/mol. The number of thioether (sulfide) groups is 1. The second-order valence-corrected chi connectivity index (χ2v) is 11.9. The number of Topliss-reactive ketones (excluding diaryl/α,β-unsaturated/α-hetero) is 2. The lowest BCUT2D eigenvalue weighted by molar-refractivity contribution is -0.131. The van der Waals surface area contributed by atoms with E-state index in [1.54, 1.807) is 36.4 Å². The Morgan fingerprint density at radius 3 is 2.30 bits per heavy atom. The van der Waals surface area contributed by atoms with Gasteiger partial charge in [-0.15, -0.1) is 0 Å². The molecule has 0 aliphatic heterocycles. The van der Waals surface area contributed by atoms with Gasteiger partial charge in [0.25, 0.3) is 0 Å². The molecule has 0 aromatic heterocycles. The average molecular weight is 656 g/mol. The lowest BCUT2D eigenvalue weighted by Crippen LogP contribution is -2.45. The fourth-order valence-electron chi connectivity index (χ4n) is 4.36. The number of hydrogen-bond acceptors (Lipinski definition) is 10. The first-order valence-corrected chi connectivity index (χ1v) is 15.9. The zero-order valence-electron chi connectivity index (χ0n) is 25.4. The number of ketones is 2. The quantitative estimate of drug-likeness (QED) is 0.0462. The van der Waals surface area contributed by atoms with E-state index in [2.05, 4.69) is 20.7 Å². The van der Waals surface area contributed by atoms with Gasteiger partial charge >= 0.3 is 0 Å². The van der Waals surface area contributed by atoms with Crippen molar-refractivity contribution in [2.45, 2.75) is 56.7 Å². The lowest BCUT2D eigenvalue weighted by Gasteiger charge is -2.21. The molecule has 0 saturated carbocycles. The molecule has 3 amide bonds. The Morgan fingerprint density at radius 2 is 1.65 bits per heavy atom. The largest absolute Gasteiger partial charge is 0.508 e. The van der Waals surface area contributed by atoms with Crippen molar-refractivity contribution in [3.63, 3.8) is 0 Å². The molecular formula is C31H41N7O7S. The third-order valence-electron chi connectivity index (χ3n) is 6.95. The Kier molecular flexibility index (Phi) is 16.9. The number of rotatable bonds is 22. The first kappa shape index (κ1) is 37.8. The molecule has 15 heteroatoms. The number of nitrogens with one attached hydrogen (secondary N) is 2. The summed E-state index contributed by atoms with van der Waals surface area (Å²) in [5, 5.41) is 27.6. The van der Waals surface area contributed by atoms with Crippen molar-refractivity contribution in [3.8, 4) is 5.75 Å². The first-order valence-electron chi connectivity index (χ1n) is 14.7. The number of benzene rings is 2. The van der Waals surface area contributed by atoms with Gasteiger partial charge in [0.2, 0.25) is 17.7 Å². The van der Waals surface area contributed by atoms with Crippen molar-refractivity contribution >= 4 is 41.0 Å². The van der Waals surface area contributed by atoms with Gasteiger partial charge in [-0.05, 0) is 53.8 Å². The van der Waals surface area contributed by atoms with Gasteiger partial charge in [-0.1, -0.05) is 47.6 Å². The number of primary amides is 1. The number of phenols is 1. The first-order chi connectivity index (χ1) is 22.0. The molecule has 8 N–H and O–H groups in total.